The fraction of sp³-hybridized carbons (Fsp3) is 0.541. The molecular weight excluding hydrogens is 578 g/mol. The van der Waals surface area contributed by atoms with Crippen LogP contribution < -0.4 is 15.2 Å². The molecule has 3 atom stereocenters. The average Bonchev–Trinajstić information content (AvgIpc) is 3.49. The molecule has 1 aromatic heterocycles. The van der Waals surface area contributed by atoms with Gasteiger partial charge >= 0.3 is 0 Å². The standard InChI is InChI=1S/C37H55N5O4/c1-7-12-14-26(9-3)24-45-28-16-18-30(34(43)22-28)32(11-5)40-37(33-20-21-39-42(33)6)41-36(38)31-19-17-29(23-35(31)44)46-25-27(10-4)15-13-8-2/h16-23,26-27,36,43-44H,7-15,24-25,38H2,1-6H3/b40-32?,41-37-. The van der Waals surface area contributed by atoms with Crippen LogP contribution in [0.3, 0.4) is 0 Å². The summed E-state index contributed by atoms with van der Waals surface area (Å²) in [5.74, 6) is 2.63. The van der Waals surface area contributed by atoms with E-state index in [4.69, 9.17) is 25.2 Å². The summed E-state index contributed by atoms with van der Waals surface area (Å²) < 4.78 is 13.7. The summed E-state index contributed by atoms with van der Waals surface area (Å²) in [5, 5.41) is 26.2. The van der Waals surface area contributed by atoms with Crippen LogP contribution in [0.5, 0.6) is 23.0 Å². The number of nitrogens with zero attached hydrogens (tertiary/aromatic N) is 4. The third-order valence-electron chi connectivity index (χ3n) is 8.55. The maximum Gasteiger partial charge on any atom is 0.175 e. The summed E-state index contributed by atoms with van der Waals surface area (Å²) in [6.07, 6.45) is 10.4. The number of aromatic hydroxyl groups is 2. The van der Waals surface area contributed by atoms with Gasteiger partial charge in [0.15, 0.2) is 5.84 Å². The van der Waals surface area contributed by atoms with Crippen molar-refractivity contribution in [2.45, 2.75) is 98.6 Å². The van der Waals surface area contributed by atoms with Crippen LogP contribution in [-0.2, 0) is 7.05 Å². The molecule has 0 fully saturated rings. The second kappa shape index (κ2) is 19.0. The van der Waals surface area contributed by atoms with Crippen molar-refractivity contribution < 1.29 is 19.7 Å². The number of phenolic OH excluding ortho intramolecular Hbond substituents is 2. The summed E-state index contributed by atoms with van der Waals surface area (Å²) in [4.78, 5) is 9.64. The van der Waals surface area contributed by atoms with Crippen molar-refractivity contribution in [2.24, 2.45) is 34.6 Å². The van der Waals surface area contributed by atoms with E-state index < -0.39 is 6.17 Å². The van der Waals surface area contributed by atoms with Gasteiger partial charge in [0.05, 0.1) is 18.9 Å². The molecule has 9 heteroatoms. The number of hydrogen-bond donors (Lipinski definition) is 3. The second-order valence-corrected chi connectivity index (χ2v) is 12.0. The van der Waals surface area contributed by atoms with Gasteiger partial charge in [-0.1, -0.05) is 73.1 Å². The van der Waals surface area contributed by atoms with Crippen molar-refractivity contribution in [3.8, 4) is 23.0 Å². The van der Waals surface area contributed by atoms with Gasteiger partial charge in [0.1, 0.15) is 34.9 Å². The second-order valence-electron chi connectivity index (χ2n) is 12.0. The zero-order valence-electron chi connectivity index (χ0n) is 28.7. The highest BCUT2D eigenvalue weighted by molar-refractivity contribution is 6.12. The summed E-state index contributed by atoms with van der Waals surface area (Å²) >= 11 is 0. The number of nitrogens with two attached hydrogens (primary N) is 1. The zero-order chi connectivity index (χ0) is 33.5. The van der Waals surface area contributed by atoms with Crippen molar-refractivity contribution in [1.29, 1.82) is 0 Å². The Bertz CT molecular complexity index is 1420. The monoisotopic (exact) mass is 633 g/mol. The van der Waals surface area contributed by atoms with Gasteiger partial charge < -0.3 is 25.4 Å². The lowest BCUT2D eigenvalue weighted by Gasteiger charge is -2.17. The quantitative estimate of drug-likeness (QED) is 0.0900. The molecule has 0 aliphatic carbocycles. The Labute approximate surface area is 275 Å². The average molecular weight is 634 g/mol. The summed E-state index contributed by atoms with van der Waals surface area (Å²) in [5.41, 5.74) is 8.87. The predicted molar refractivity (Wildman–Crippen MR) is 187 cm³/mol. The number of hydrogen-bond acceptors (Lipinski definition) is 7. The number of aliphatic imine (C=N–C) groups is 2. The third-order valence-corrected chi connectivity index (χ3v) is 8.55. The molecule has 252 valence electrons. The first-order valence-electron chi connectivity index (χ1n) is 17.0. The van der Waals surface area contributed by atoms with E-state index in [0.717, 1.165) is 32.1 Å². The first kappa shape index (κ1) is 36.6. The number of benzene rings is 2. The fourth-order valence-electron chi connectivity index (χ4n) is 5.34. The van der Waals surface area contributed by atoms with Crippen molar-refractivity contribution >= 4 is 11.5 Å². The molecule has 3 aromatic rings. The van der Waals surface area contributed by atoms with Gasteiger partial charge in [0, 0.05) is 36.5 Å². The predicted octanol–water partition coefficient (Wildman–Crippen LogP) is 8.33. The summed E-state index contributed by atoms with van der Waals surface area (Å²) in [7, 11) is 1.80. The Morgan fingerprint density at radius 3 is 1.91 bits per heavy atom. The van der Waals surface area contributed by atoms with Crippen LogP contribution in [0.25, 0.3) is 0 Å². The van der Waals surface area contributed by atoms with E-state index in [1.165, 1.54) is 19.3 Å². The van der Waals surface area contributed by atoms with Crippen molar-refractivity contribution in [3.05, 3.63) is 65.5 Å². The Morgan fingerprint density at radius 2 is 1.43 bits per heavy atom. The number of ether oxygens (including phenoxy) is 2. The first-order chi connectivity index (χ1) is 22.2. The normalized spacial score (nSPS) is 14.2. The van der Waals surface area contributed by atoms with Crippen molar-refractivity contribution in [2.75, 3.05) is 13.2 Å². The Morgan fingerprint density at radius 1 is 0.848 bits per heavy atom. The van der Waals surface area contributed by atoms with Crippen molar-refractivity contribution in [1.82, 2.24) is 9.78 Å². The van der Waals surface area contributed by atoms with Gasteiger partial charge in [-0.15, -0.1) is 0 Å². The van der Waals surface area contributed by atoms with Gasteiger partial charge in [0.2, 0.25) is 0 Å². The maximum atomic E-state index is 11.0. The van der Waals surface area contributed by atoms with E-state index in [1.54, 1.807) is 42.2 Å². The molecule has 2 aromatic carbocycles. The van der Waals surface area contributed by atoms with Gasteiger partial charge in [0.25, 0.3) is 0 Å². The number of phenols is 2. The summed E-state index contributed by atoms with van der Waals surface area (Å²) in [6.45, 7) is 12.0. The minimum atomic E-state index is -0.905. The molecule has 0 aliphatic rings. The molecule has 0 saturated carbocycles. The smallest absolute Gasteiger partial charge is 0.175 e. The van der Waals surface area contributed by atoms with Crippen LogP contribution in [0.15, 0.2) is 58.6 Å². The number of rotatable bonds is 19. The van der Waals surface area contributed by atoms with Crippen LogP contribution in [-0.4, -0.2) is 44.8 Å². The van der Waals surface area contributed by atoms with Crippen LogP contribution in [0.2, 0.25) is 0 Å². The first-order valence-corrected chi connectivity index (χ1v) is 17.0. The third kappa shape index (κ3) is 10.6. The van der Waals surface area contributed by atoms with E-state index >= 15 is 0 Å². The Balaban J connectivity index is 1.86. The van der Waals surface area contributed by atoms with E-state index in [2.05, 4.69) is 32.8 Å². The van der Waals surface area contributed by atoms with Gasteiger partial charge in [-0.2, -0.15) is 5.10 Å². The van der Waals surface area contributed by atoms with Crippen LogP contribution in [0.1, 0.15) is 115 Å². The number of aryl methyl sites for hydroxylation is 1. The van der Waals surface area contributed by atoms with E-state index in [1.807, 2.05) is 25.1 Å². The Kier molecular flexibility index (Phi) is 15.1. The highest BCUT2D eigenvalue weighted by Gasteiger charge is 2.18. The fourth-order valence-corrected chi connectivity index (χ4v) is 5.34. The lowest BCUT2D eigenvalue weighted by molar-refractivity contribution is 0.232. The molecule has 0 saturated heterocycles. The molecule has 4 N–H and O–H groups in total. The topological polar surface area (TPSA) is 127 Å². The zero-order valence-corrected chi connectivity index (χ0v) is 28.7. The van der Waals surface area contributed by atoms with E-state index in [9.17, 15) is 10.2 Å². The Hall–Kier alpha value is -3.85. The van der Waals surface area contributed by atoms with Crippen LogP contribution in [0, 0.1) is 11.8 Å². The molecule has 0 radical (unpaired) electrons. The lowest BCUT2D eigenvalue weighted by atomic mass is 10.0. The molecule has 3 rings (SSSR count). The van der Waals surface area contributed by atoms with Crippen LogP contribution in [0.4, 0.5) is 0 Å². The molecule has 9 nitrogen and oxygen atoms in total. The SMILES string of the molecule is CCCCC(CC)COc1ccc(C(CC)=N/C(=N\C(N)c2ccc(OCC(CC)CCCC)cc2O)c2ccnn2C)c(O)c1. The van der Waals surface area contributed by atoms with Gasteiger partial charge in [-0.25, -0.2) is 9.98 Å². The highest BCUT2D eigenvalue weighted by Crippen LogP contribution is 2.30. The minimum absolute atomic E-state index is 0.00708. The lowest BCUT2D eigenvalue weighted by Crippen LogP contribution is -2.16. The number of unbranched alkanes of at least 4 members (excludes halogenated alkanes) is 2. The molecule has 0 aliphatic heterocycles. The minimum Gasteiger partial charge on any atom is -0.507 e. The van der Waals surface area contributed by atoms with Crippen molar-refractivity contribution in [3.63, 3.8) is 0 Å². The van der Waals surface area contributed by atoms with Gasteiger partial charge in [-0.3, -0.25) is 4.68 Å². The van der Waals surface area contributed by atoms with E-state index in [0.29, 0.717) is 71.3 Å². The number of amidine groups is 1. The largest absolute Gasteiger partial charge is 0.507 e. The number of aromatic nitrogens is 2. The molecule has 0 bridgehead atoms. The maximum absolute atomic E-state index is 11.0. The molecule has 3 unspecified atom stereocenters. The molecule has 0 spiro atoms. The van der Waals surface area contributed by atoms with E-state index in [-0.39, 0.29) is 11.5 Å². The molecular formula is C37H55N5O4. The summed E-state index contributed by atoms with van der Waals surface area (Å²) in [6, 6.07) is 12.3. The molecule has 46 heavy (non-hydrogen) atoms. The molecule has 0 amide bonds. The molecule has 1 heterocycles. The van der Waals surface area contributed by atoms with Crippen LogP contribution >= 0.6 is 0 Å². The van der Waals surface area contributed by atoms with Gasteiger partial charge in [-0.05, 0) is 61.4 Å². The highest BCUT2D eigenvalue weighted by atomic mass is 16.5.